The van der Waals surface area contributed by atoms with Gasteiger partial charge in [0, 0.05) is 6.92 Å². The van der Waals surface area contributed by atoms with Crippen LogP contribution in [-0.2, 0) is 14.4 Å². The molecule has 0 spiro atoms. The van der Waals surface area contributed by atoms with E-state index in [-0.39, 0.29) is 18.2 Å². The number of hydrogen-bond acceptors (Lipinski definition) is 3. The van der Waals surface area contributed by atoms with Gasteiger partial charge in [-0.25, -0.2) is 4.79 Å². The third-order valence-electron chi connectivity index (χ3n) is 2.68. The van der Waals surface area contributed by atoms with E-state index in [2.05, 4.69) is 17.2 Å². The van der Waals surface area contributed by atoms with E-state index in [0.29, 0.717) is 12.8 Å². The van der Waals surface area contributed by atoms with Crippen LogP contribution < -0.4 is 10.6 Å². The molecule has 6 nitrogen and oxygen atoms in total. The molecule has 0 saturated carbocycles. The first-order valence-electron chi connectivity index (χ1n) is 6.69. The van der Waals surface area contributed by atoms with Crippen molar-refractivity contribution in [2.24, 2.45) is 5.92 Å². The van der Waals surface area contributed by atoms with Crippen LogP contribution in [0.4, 0.5) is 0 Å². The van der Waals surface area contributed by atoms with Gasteiger partial charge in [0.2, 0.25) is 11.8 Å². The zero-order valence-electron chi connectivity index (χ0n) is 12.3. The largest absolute Gasteiger partial charge is 0.480 e. The van der Waals surface area contributed by atoms with Crippen LogP contribution in [0.25, 0.3) is 0 Å². The first-order valence-corrected chi connectivity index (χ1v) is 6.69. The van der Waals surface area contributed by atoms with E-state index in [0.717, 1.165) is 0 Å². The van der Waals surface area contributed by atoms with Crippen molar-refractivity contribution in [1.29, 1.82) is 0 Å². The molecule has 2 amide bonds. The third kappa shape index (κ3) is 7.56. The summed E-state index contributed by atoms with van der Waals surface area (Å²) >= 11 is 0. The summed E-state index contributed by atoms with van der Waals surface area (Å²) in [4.78, 5) is 34.3. The molecule has 0 aliphatic heterocycles. The van der Waals surface area contributed by atoms with Gasteiger partial charge in [-0.1, -0.05) is 19.9 Å². The van der Waals surface area contributed by atoms with Gasteiger partial charge >= 0.3 is 5.97 Å². The number of carboxylic acid groups (broad SMARTS) is 1. The van der Waals surface area contributed by atoms with E-state index in [4.69, 9.17) is 5.11 Å². The molecular weight excluding hydrogens is 260 g/mol. The Labute approximate surface area is 119 Å². The normalized spacial score (nSPS) is 13.4. The van der Waals surface area contributed by atoms with Gasteiger partial charge in [0.05, 0.1) is 0 Å². The van der Waals surface area contributed by atoms with Crippen LogP contribution in [0.5, 0.6) is 0 Å². The summed E-state index contributed by atoms with van der Waals surface area (Å²) in [5.74, 6) is -1.67. The van der Waals surface area contributed by atoms with Gasteiger partial charge < -0.3 is 15.7 Å². The predicted octanol–water partition coefficient (Wildman–Crippen LogP) is 1.07. The van der Waals surface area contributed by atoms with Gasteiger partial charge in [-0.05, 0) is 25.2 Å². The molecule has 0 saturated heterocycles. The van der Waals surface area contributed by atoms with Crippen LogP contribution in [0.15, 0.2) is 12.7 Å². The summed E-state index contributed by atoms with van der Waals surface area (Å²) in [6.07, 6.45) is 2.83. The zero-order chi connectivity index (χ0) is 15.7. The molecule has 0 fully saturated rings. The number of carbonyl (C=O) groups excluding carboxylic acids is 2. The second-order valence-corrected chi connectivity index (χ2v) is 5.15. The van der Waals surface area contributed by atoms with E-state index in [1.165, 1.54) is 6.92 Å². The minimum absolute atomic E-state index is 0.203. The number of hydrogen-bond donors (Lipinski definition) is 3. The van der Waals surface area contributed by atoms with Crippen molar-refractivity contribution in [3.8, 4) is 0 Å². The molecule has 114 valence electrons. The van der Waals surface area contributed by atoms with Crippen LogP contribution in [0.2, 0.25) is 0 Å². The number of allylic oxidation sites excluding steroid dienone is 1. The first kappa shape index (κ1) is 18.1. The van der Waals surface area contributed by atoms with Gasteiger partial charge in [0.1, 0.15) is 12.1 Å². The third-order valence-corrected chi connectivity index (χ3v) is 2.68. The molecule has 3 N–H and O–H groups in total. The fourth-order valence-electron chi connectivity index (χ4n) is 1.76. The van der Waals surface area contributed by atoms with E-state index in [1.54, 1.807) is 6.08 Å². The lowest BCUT2D eigenvalue weighted by Crippen LogP contribution is -2.51. The van der Waals surface area contributed by atoms with Crippen LogP contribution in [-0.4, -0.2) is 35.0 Å². The van der Waals surface area contributed by atoms with Crippen LogP contribution in [0.1, 0.15) is 40.0 Å². The van der Waals surface area contributed by atoms with Crippen molar-refractivity contribution in [2.45, 2.75) is 52.1 Å². The first-order chi connectivity index (χ1) is 9.27. The topological polar surface area (TPSA) is 95.5 Å². The lowest BCUT2D eigenvalue weighted by Gasteiger charge is -2.22. The molecule has 2 atom stereocenters. The Bertz CT molecular complexity index is 366. The summed E-state index contributed by atoms with van der Waals surface area (Å²) in [5.41, 5.74) is 0. The highest BCUT2D eigenvalue weighted by Gasteiger charge is 2.25. The van der Waals surface area contributed by atoms with Gasteiger partial charge in [0.25, 0.3) is 0 Å². The van der Waals surface area contributed by atoms with Gasteiger partial charge in [-0.15, -0.1) is 6.58 Å². The maximum absolute atomic E-state index is 12.1. The molecule has 0 bridgehead atoms. The quantitative estimate of drug-likeness (QED) is 0.552. The summed E-state index contributed by atoms with van der Waals surface area (Å²) in [6, 6.07) is -1.68. The predicted molar refractivity (Wildman–Crippen MR) is 76.1 cm³/mol. The summed E-state index contributed by atoms with van der Waals surface area (Å²) in [6.45, 7) is 8.70. The molecule has 0 unspecified atom stereocenters. The fraction of sp³-hybridized carbons (Fsp3) is 0.643. The van der Waals surface area contributed by atoms with Crippen molar-refractivity contribution in [1.82, 2.24) is 10.6 Å². The Morgan fingerprint density at radius 1 is 1.20 bits per heavy atom. The van der Waals surface area contributed by atoms with Crippen LogP contribution in [0.3, 0.4) is 0 Å². The molecule has 0 aromatic carbocycles. The monoisotopic (exact) mass is 284 g/mol. The molecule has 0 heterocycles. The standard InChI is InChI=1S/C14H24N2O4/c1-5-6-7-11(14(19)20)16-13(18)12(8-9(2)3)15-10(4)17/h5,9,11-12H,1,6-8H2,2-4H3,(H,15,17)(H,16,18)(H,19,20)/t11-,12+/m1/s1. The molecule has 0 radical (unpaired) electrons. The van der Waals surface area contributed by atoms with E-state index in [1.807, 2.05) is 13.8 Å². The number of rotatable bonds is 9. The highest BCUT2D eigenvalue weighted by molar-refractivity contribution is 5.89. The van der Waals surface area contributed by atoms with E-state index in [9.17, 15) is 14.4 Å². The number of amides is 2. The average Bonchev–Trinajstić information content (AvgIpc) is 2.31. The Kier molecular flexibility index (Phi) is 8.27. The maximum atomic E-state index is 12.1. The molecule has 6 heteroatoms. The highest BCUT2D eigenvalue weighted by Crippen LogP contribution is 2.06. The molecular formula is C14H24N2O4. The second-order valence-electron chi connectivity index (χ2n) is 5.15. The van der Waals surface area contributed by atoms with E-state index < -0.39 is 24.0 Å². The van der Waals surface area contributed by atoms with Crippen LogP contribution >= 0.6 is 0 Å². The minimum Gasteiger partial charge on any atom is -0.480 e. The molecule has 0 aliphatic carbocycles. The number of carbonyl (C=O) groups is 3. The van der Waals surface area contributed by atoms with Crippen LogP contribution in [0, 0.1) is 5.92 Å². The smallest absolute Gasteiger partial charge is 0.326 e. The zero-order valence-corrected chi connectivity index (χ0v) is 12.3. The number of aliphatic carboxylic acids is 1. The maximum Gasteiger partial charge on any atom is 0.326 e. The van der Waals surface area contributed by atoms with Crippen molar-refractivity contribution in [2.75, 3.05) is 0 Å². The second kappa shape index (κ2) is 9.12. The van der Waals surface area contributed by atoms with Crippen molar-refractivity contribution in [3.63, 3.8) is 0 Å². The SMILES string of the molecule is C=CCC[C@@H](NC(=O)[C@H](CC(C)C)NC(C)=O)C(=O)O. The highest BCUT2D eigenvalue weighted by atomic mass is 16.4. The van der Waals surface area contributed by atoms with Gasteiger partial charge in [-0.3, -0.25) is 9.59 Å². The average molecular weight is 284 g/mol. The van der Waals surface area contributed by atoms with Gasteiger partial charge in [0.15, 0.2) is 0 Å². The van der Waals surface area contributed by atoms with Crippen molar-refractivity contribution in [3.05, 3.63) is 12.7 Å². The summed E-state index contributed by atoms with van der Waals surface area (Å²) in [7, 11) is 0. The lowest BCUT2D eigenvalue weighted by atomic mass is 10.0. The molecule has 0 rings (SSSR count). The summed E-state index contributed by atoms with van der Waals surface area (Å²) in [5, 5.41) is 14.1. The Hall–Kier alpha value is -1.85. The molecule has 20 heavy (non-hydrogen) atoms. The Morgan fingerprint density at radius 3 is 2.20 bits per heavy atom. The summed E-state index contributed by atoms with van der Waals surface area (Å²) < 4.78 is 0. The fourth-order valence-corrected chi connectivity index (χ4v) is 1.76. The van der Waals surface area contributed by atoms with Crippen molar-refractivity contribution < 1.29 is 19.5 Å². The molecule has 0 aliphatic rings. The minimum atomic E-state index is -1.09. The van der Waals surface area contributed by atoms with Crippen molar-refractivity contribution >= 4 is 17.8 Å². The number of nitrogens with one attached hydrogen (secondary N) is 2. The number of carboxylic acids is 1. The molecule has 0 aromatic rings. The Balaban J connectivity index is 4.72. The van der Waals surface area contributed by atoms with Gasteiger partial charge in [-0.2, -0.15) is 0 Å². The Morgan fingerprint density at radius 2 is 1.80 bits per heavy atom. The molecule has 0 aromatic heterocycles. The van der Waals surface area contributed by atoms with E-state index >= 15 is 0 Å². The lowest BCUT2D eigenvalue weighted by molar-refractivity contribution is -0.142.